The van der Waals surface area contributed by atoms with Crippen LogP contribution in [0.2, 0.25) is 0 Å². The zero-order chi connectivity index (χ0) is 20.9. The molecule has 1 aromatic heterocycles. The minimum Gasteiger partial charge on any atom is -0.444 e. The molecule has 1 aromatic rings. The Bertz CT molecular complexity index is 739. The summed E-state index contributed by atoms with van der Waals surface area (Å²) < 4.78 is 33.0. The summed E-state index contributed by atoms with van der Waals surface area (Å²) >= 11 is 0. The van der Waals surface area contributed by atoms with Crippen molar-refractivity contribution in [1.29, 1.82) is 0 Å². The fraction of sp³-hybridized carbons (Fsp3) is 0.684. The van der Waals surface area contributed by atoms with Crippen molar-refractivity contribution in [1.82, 2.24) is 10.3 Å². The summed E-state index contributed by atoms with van der Waals surface area (Å²) in [5.41, 5.74) is 7.11. The van der Waals surface area contributed by atoms with Gasteiger partial charge in [-0.05, 0) is 57.1 Å². The average molecular weight is 414 g/mol. The van der Waals surface area contributed by atoms with Gasteiger partial charge < -0.3 is 20.5 Å². The number of nitrogen functional groups attached to an aromatic ring is 1. The highest BCUT2D eigenvalue weighted by Gasteiger charge is 2.39. The molecule has 0 spiro atoms. The van der Waals surface area contributed by atoms with E-state index in [4.69, 9.17) is 15.2 Å². The van der Waals surface area contributed by atoms with Gasteiger partial charge in [-0.15, -0.1) is 0 Å². The summed E-state index contributed by atoms with van der Waals surface area (Å²) in [6.07, 6.45) is 3.95. The standard InChI is InChI=1S/C19H31N3O5S/c1-12-9-13(14-5-6-21-11-15(14)20)10-16(17(12)26-7-8-28(24)25)22-18(23)27-19(2,3)4/h5-6,11-13,16-17,28H,7-10,20H2,1-4H3,(H,22,23)/t12-,13+,16+,17-/m0/s1. The van der Waals surface area contributed by atoms with Gasteiger partial charge in [0.25, 0.3) is 0 Å². The second-order valence-corrected chi connectivity index (χ2v) is 9.41. The molecule has 1 amide bonds. The number of alkyl carbamates (subject to hydrolysis) is 1. The molecule has 1 heterocycles. The van der Waals surface area contributed by atoms with E-state index in [9.17, 15) is 13.2 Å². The van der Waals surface area contributed by atoms with Gasteiger partial charge in [-0.2, -0.15) is 0 Å². The number of nitrogens with two attached hydrogens (primary N) is 1. The summed E-state index contributed by atoms with van der Waals surface area (Å²) in [5.74, 6) is 0.183. The number of anilines is 1. The van der Waals surface area contributed by atoms with Crippen LogP contribution in [0.15, 0.2) is 18.5 Å². The first-order chi connectivity index (χ1) is 13.1. The molecule has 28 heavy (non-hydrogen) atoms. The SMILES string of the molecule is C[C@H]1C[C@@H](c2ccncc2N)C[C@@H](NC(=O)OC(C)(C)C)[C@H]1OCC[SH](=O)=O. The van der Waals surface area contributed by atoms with Gasteiger partial charge in [0, 0.05) is 6.20 Å². The molecular formula is C19H31N3O5S. The van der Waals surface area contributed by atoms with Crippen LogP contribution in [-0.2, 0) is 20.2 Å². The first-order valence-electron chi connectivity index (χ1n) is 9.49. The Morgan fingerprint density at radius 3 is 2.68 bits per heavy atom. The molecule has 158 valence electrons. The quantitative estimate of drug-likeness (QED) is 0.611. The van der Waals surface area contributed by atoms with Crippen molar-refractivity contribution in [2.45, 2.75) is 64.2 Å². The van der Waals surface area contributed by atoms with Crippen LogP contribution in [0.3, 0.4) is 0 Å². The Morgan fingerprint density at radius 2 is 2.07 bits per heavy atom. The first-order valence-corrected chi connectivity index (χ1v) is 10.9. The number of nitrogens with zero attached hydrogens (tertiary/aromatic N) is 1. The molecule has 9 heteroatoms. The van der Waals surface area contributed by atoms with Crippen LogP contribution in [0.25, 0.3) is 0 Å². The molecule has 1 saturated carbocycles. The number of nitrogens with one attached hydrogen (secondary N) is 1. The van der Waals surface area contributed by atoms with Crippen molar-refractivity contribution in [3.63, 3.8) is 0 Å². The fourth-order valence-corrected chi connectivity index (χ4v) is 3.96. The molecule has 1 aliphatic carbocycles. The van der Waals surface area contributed by atoms with Crippen LogP contribution in [0.4, 0.5) is 10.5 Å². The van der Waals surface area contributed by atoms with Gasteiger partial charge >= 0.3 is 6.09 Å². The van der Waals surface area contributed by atoms with Gasteiger partial charge in [0.15, 0.2) is 0 Å². The molecule has 3 N–H and O–H groups in total. The number of pyridine rings is 1. The maximum absolute atomic E-state index is 12.4. The minimum absolute atomic E-state index is 0.0432. The highest BCUT2D eigenvalue weighted by Crippen LogP contribution is 2.39. The van der Waals surface area contributed by atoms with Gasteiger partial charge in [0.2, 0.25) is 0 Å². The number of hydrogen-bond acceptors (Lipinski definition) is 7. The molecule has 0 bridgehead atoms. The molecule has 2 rings (SSSR count). The van der Waals surface area contributed by atoms with Crippen molar-refractivity contribution < 1.29 is 22.7 Å². The Balaban J connectivity index is 2.17. The van der Waals surface area contributed by atoms with Crippen LogP contribution in [0.5, 0.6) is 0 Å². The highest BCUT2D eigenvalue weighted by atomic mass is 32.2. The third-order valence-corrected chi connectivity index (χ3v) is 5.31. The summed E-state index contributed by atoms with van der Waals surface area (Å²) in [7, 11) is -2.50. The van der Waals surface area contributed by atoms with Gasteiger partial charge in [0.05, 0.1) is 36.4 Å². The van der Waals surface area contributed by atoms with Gasteiger partial charge in [0.1, 0.15) is 16.3 Å². The van der Waals surface area contributed by atoms with Crippen molar-refractivity contribution in [3.8, 4) is 0 Å². The zero-order valence-corrected chi connectivity index (χ0v) is 17.8. The summed E-state index contributed by atoms with van der Waals surface area (Å²) in [6, 6.07) is 1.58. The third kappa shape index (κ3) is 6.63. The van der Waals surface area contributed by atoms with Crippen LogP contribution < -0.4 is 11.1 Å². The van der Waals surface area contributed by atoms with Gasteiger partial charge in [-0.1, -0.05) is 6.92 Å². The van der Waals surface area contributed by atoms with Crippen LogP contribution in [0, 0.1) is 5.92 Å². The second-order valence-electron chi connectivity index (χ2n) is 8.29. The first kappa shape index (κ1) is 22.4. The van der Waals surface area contributed by atoms with Crippen LogP contribution in [-0.4, -0.2) is 49.6 Å². The van der Waals surface area contributed by atoms with Crippen molar-refractivity contribution in [3.05, 3.63) is 24.0 Å². The lowest BCUT2D eigenvalue weighted by Crippen LogP contribution is -2.52. The lowest BCUT2D eigenvalue weighted by atomic mass is 9.74. The monoisotopic (exact) mass is 413 g/mol. The van der Waals surface area contributed by atoms with Crippen LogP contribution >= 0.6 is 0 Å². The molecular weight excluding hydrogens is 382 g/mol. The lowest BCUT2D eigenvalue weighted by molar-refractivity contribution is -0.0287. The normalized spacial score (nSPS) is 25.5. The maximum Gasteiger partial charge on any atom is 0.407 e. The van der Waals surface area contributed by atoms with E-state index in [-0.39, 0.29) is 36.3 Å². The summed E-state index contributed by atoms with van der Waals surface area (Å²) in [6.45, 7) is 7.54. The Labute approximate surface area is 168 Å². The third-order valence-electron chi connectivity index (χ3n) is 4.77. The topological polar surface area (TPSA) is 121 Å². The largest absolute Gasteiger partial charge is 0.444 e. The van der Waals surface area contributed by atoms with E-state index in [1.807, 2.05) is 13.0 Å². The molecule has 0 radical (unpaired) electrons. The predicted octanol–water partition coefficient (Wildman–Crippen LogP) is 2.07. The summed E-state index contributed by atoms with van der Waals surface area (Å²) in [5, 5.41) is 2.92. The predicted molar refractivity (Wildman–Crippen MR) is 108 cm³/mol. The van der Waals surface area contributed by atoms with Crippen molar-refractivity contribution >= 4 is 22.5 Å². The minimum atomic E-state index is -2.50. The maximum atomic E-state index is 12.4. The Hall–Kier alpha value is -1.87. The van der Waals surface area contributed by atoms with Crippen molar-refractivity contribution in [2.24, 2.45) is 5.92 Å². The number of hydrogen-bond donors (Lipinski definition) is 3. The highest BCUT2D eigenvalue weighted by molar-refractivity contribution is 7.72. The molecule has 8 nitrogen and oxygen atoms in total. The molecule has 0 unspecified atom stereocenters. The van der Waals surface area contributed by atoms with E-state index in [0.717, 1.165) is 12.0 Å². The molecule has 0 aromatic carbocycles. The van der Waals surface area contributed by atoms with E-state index in [1.165, 1.54) is 0 Å². The average Bonchev–Trinajstić information content (AvgIpc) is 2.55. The van der Waals surface area contributed by atoms with E-state index in [2.05, 4.69) is 10.3 Å². The number of carbonyl (C=O) groups is 1. The smallest absolute Gasteiger partial charge is 0.407 e. The van der Waals surface area contributed by atoms with E-state index in [0.29, 0.717) is 12.1 Å². The lowest BCUT2D eigenvalue weighted by Gasteiger charge is -2.41. The second kappa shape index (κ2) is 9.56. The Kier molecular flexibility index (Phi) is 7.65. The Morgan fingerprint density at radius 1 is 1.36 bits per heavy atom. The number of thiol groups is 1. The number of aromatic nitrogens is 1. The van der Waals surface area contributed by atoms with E-state index < -0.39 is 22.4 Å². The number of amides is 1. The molecule has 0 aliphatic heterocycles. The van der Waals surface area contributed by atoms with Gasteiger partial charge in [-0.25, -0.2) is 13.2 Å². The number of rotatable bonds is 6. The zero-order valence-electron chi connectivity index (χ0n) is 16.9. The van der Waals surface area contributed by atoms with Crippen molar-refractivity contribution in [2.75, 3.05) is 18.1 Å². The molecule has 1 fully saturated rings. The molecule has 4 atom stereocenters. The molecule has 1 aliphatic rings. The fourth-order valence-electron chi connectivity index (χ4n) is 3.70. The number of carbonyl (C=O) groups excluding carboxylic acids is 1. The molecule has 0 saturated heterocycles. The van der Waals surface area contributed by atoms with E-state index in [1.54, 1.807) is 33.2 Å². The van der Waals surface area contributed by atoms with E-state index >= 15 is 0 Å². The van der Waals surface area contributed by atoms with Crippen LogP contribution in [0.1, 0.15) is 52.0 Å². The summed E-state index contributed by atoms with van der Waals surface area (Å²) in [4.78, 5) is 16.4. The van der Waals surface area contributed by atoms with Gasteiger partial charge in [-0.3, -0.25) is 4.98 Å². The number of ether oxygens (including phenoxy) is 2.